The van der Waals surface area contributed by atoms with Crippen molar-refractivity contribution in [2.45, 2.75) is 32.2 Å². The van der Waals surface area contributed by atoms with E-state index in [9.17, 15) is 9.18 Å². The van der Waals surface area contributed by atoms with Gasteiger partial charge in [-0.25, -0.2) is 4.39 Å². The van der Waals surface area contributed by atoms with E-state index in [-0.39, 0.29) is 24.2 Å². The number of carbonyl (C=O) groups excluding carboxylic acids is 1. The molecule has 3 nitrogen and oxygen atoms in total. The summed E-state index contributed by atoms with van der Waals surface area (Å²) in [5.74, 6) is -0.552. The summed E-state index contributed by atoms with van der Waals surface area (Å²) in [4.78, 5) is 11.9. The van der Waals surface area contributed by atoms with Gasteiger partial charge in [-0.2, -0.15) is 0 Å². The van der Waals surface area contributed by atoms with E-state index in [1.165, 1.54) is 12.1 Å². The van der Waals surface area contributed by atoms with Gasteiger partial charge in [0.1, 0.15) is 5.82 Å². The number of benzene rings is 1. The van der Waals surface area contributed by atoms with Crippen molar-refractivity contribution in [2.24, 2.45) is 11.7 Å². The SMILES string of the molecule is Cc1ccc(F)cc1CC(CN)C(=O)NC1CC1. The first-order valence-electron chi connectivity index (χ1n) is 6.35. The van der Waals surface area contributed by atoms with E-state index < -0.39 is 0 Å². The van der Waals surface area contributed by atoms with Crippen LogP contribution < -0.4 is 11.1 Å². The lowest BCUT2D eigenvalue weighted by molar-refractivity contribution is -0.124. The molecule has 18 heavy (non-hydrogen) atoms. The van der Waals surface area contributed by atoms with Gasteiger partial charge in [0, 0.05) is 12.6 Å². The standard InChI is InChI=1S/C14H19FN2O/c1-9-2-3-12(15)7-10(9)6-11(8-16)14(18)17-13-4-5-13/h2-3,7,11,13H,4-6,8,16H2,1H3,(H,17,18). The molecule has 1 aliphatic carbocycles. The van der Waals surface area contributed by atoms with Crippen molar-refractivity contribution in [2.75, 3.05) is 6.54 Å². The van der Waals surface area contributed by atoms with Crippen LogP contribution in [0, 0.1) is 18.7 Å². The van der Waals surface area contributed by atoms with Gasteiger partial charge >= 0.3 is 0 Å². The van der Waals surface area contributed by atoms with Crippen LogP contribution >= 0.6 is 0 Å². The molecule has 1 unspecified atom stereocenters. The fourth-order valence-electron chi connectivity index (χ4n) is 1.96. The van der Waals surface area contributed by atoms with E-state index in [0.29, 0.717) is 12.5 Å². The smallest absolute Gasteiger partial charge is 0.224 e. The number of amides is 1. The maximum atomic E-state index is 13.2. The summed E-state index contributed by atoms with van der Waals surface area (Å²) in [6, 6.07) is 4.99. The first kappa shape index (κ1) is 13.0. The molecule has 0 bridgehead atoms. The minimum absolute atomic E-state index is 0.0105. The van der Waals surface area contributed by atoms with Gasteiger partial charge in [-0.15, -0.1) is 0 Å². The molecule has 1 aromatic carbocycles. The Morgan fingerprint density at radius 3 is 2.89 bits per heavy atom. The second kappa shape index (κ2) is 5.48. The molecule has 1 amide bonds. The molecule has 0 radical (unpaired) electrons. The van der Waals surface area contributed by atoms with Crippen molar-refractivity contribution >= 4 is 5.91 Å². The Kier molecular flexibility index (Phi) is 3.97. The highest BCUT2D eigenvalue weighted by Gasteiger charge is 2.27. The summed E-state index contributed by atoms with van der Waals surface area (Å²) in [6.07, 6.45) is 2.61. The number of nitrogens with two attached hydrogens (primary N) is 1. The van der Waals surface area contributed by atoms with Crippen molar-refractivity contribution < 1.29 is 9.18 Å². The van der Waals surface area contributed by atoms with E-state index in [1.54, 1.807) is 6.07 Å². The van der Waals surface area contributed by atoms with Crippen molar-refractivity contribution in [3.63, 3.8) is 0 Å². The van der Waals surface area contributed by atoms with Crippen LogP contribution in [0.2, 0.25) is 0 Å². The molecule has 0 heterocycles. The van der Waals surface area contributed by atoms with Crippen LogP contribution in [0.25, 0.3) is 0 Å². The van der Waals surface area contributed by atoms with Crippen LogP contribution in [0.1, 0.15) is 24.0 Å². The van der Waals surface area contributed by atoms with Gasteiger partial charge in [-0.3, -0.25) is 4.79 Å². The molecule has 3 N–H and O–H groups in total. The summed E-state index contributed by atoms with van der Waals surface area (Å²) in [6.45, 7) is 2.20. The van der Waals surface area contributed by atoms with Crippen LogP contribution in [0.3, 0.4) is 0 Å². The minimum Gasteiger partial charge on any atom is -0.353 e. The molecule has 1 aliphatic rings. The predicted octanol–water partition coefficient (Wildman–Crippen LogP) is 1.53. The first-order chi connectivity index (χ1) is 8.60. The van der Waals surface area contributed by atoms with Gasteiger partial charge in [-0.05, 0) is 49.4 Å². The number of hydrogen-bond acceptors (Lipinski definition) is 2. The third-order valence-corrected chi connectivity index (χ3v) is 3.36. The van der Waals surface area contributed by atoms with E-state index in [1.807, 2.05) is 6.92 Å². The maximum Gasteiger partial charge on any atom is 0.224 e. The second-order valence-electron chi connectivity index (χ2n) is 4.99. The lowest BCUT2D eigenvalue weighted by Gasteiger charge is -2.16. The molecule has 98 valence electrons. The van der Waals surface area contributed by atoms with E-state index in [0.717, 1.165) is 24.0 Å². The van der Waals surface area contributed by atoms with Crippen LogP contribution in [0.5, 0.6) is 0 Å². The van der Waals surface area contributed by atoms with Crippen LogP contribution in [-0.2, 0) is 11.2 Å². The molecule has 4 heteroatoms. The highest BCUT2D eigenvalue weighted by molar-refractivity contribution is 5.79. The molecule has 1 fully saturated rings. The highest BCUT2D eigenvalue weighted by atomic mass is 19.1. The second-order valence-corrected chi connectivity index (χ2v) is 4.99. The molecule has 0 saturated heterocycles. The summed E-state index contributed by atoms with van der Waals surface area (Å²) in [7, 11) is 0. The van der Waals surface area contributed by atoms with Gasteiger partial charge in [0.2, 0.25) is 5.91 Å². The Morgan fingerprint density at radius 2 is 2.28 bits per heavy atom. The summed E-state index contributed by atoms with van der Waals surface area (Å²) >= 11 is 0. The Hall–Kier alpha value is -1.42. The number of hydrogen-bond donors (Lipinski definition) is 2. The first-order valence-corrected chi connectivity index (χ1v) is 6.35. The zero-order valence-electron chi connectivity index (χ0n) is 10.6. The molecule has 2 rings (SSSR count). The van der Waals surface area contributed by atoms with Gasteiger partial charge < -0.3 is 11.1 Å². The van der Waals surface area contributed by atoms with Gasteiger partial charge in [0.05, 0.1) is 5.92 Å². The van der Waals surface area contributed by atoms with Crippen molar-refractivity contribution in [3.8, 4) is 0 Å². The Bertz CT molecular complexity index is 443. The monoisotopic (exact) mass is 250 g/mol. The third-order valence-electron chi connectivity index (χ3n) is 3.36. The van der Waals surface area contributed by atoms with E-state index in [2.05, 4.69) is 5.32 Å². The number of rotatable bonds is 5. The molecule has 0 aliphatic heterocycles. The molecule has 1 aromatic rings. The third kappa shape index (κ3) is 3.29. The number of halogens is 1. The number of nitrogens with one attached hydrogen (secondary N) is 1. The lowest BCUT2D eigenvalue weighted by Crippen LogP contribution is -2.37. The van der Waals surface area contributed by atoms with Gasteiger partial charge in [0.25, 0.3) is 0 Å². The molecule has 1 saturated carbocycles. The van der Waals surface area contributed by atoms with Crippen LogP contribution in [-0.4, -0.2) is 18.5 Å². The molecular formula is C14H19FN2O. The summed E-state index contributed by atoms with van der Waals surface area (Å²) < 4.78 is 13.2. The zero-order chi connectivity index (χ0) is 13.1. The topological polar surface area (TPSA) is 55.1 Å². The fourth-order valence-corrected chi connectivity index (χ4v) is 1.96. The highest BCUT2D eigenvalue weighted by Crippen LogP contribution is 2.20. The quantitative estimate of drug-likeness (QED) is 0.832. The summed E-state index contributed by atoms with van der Waals surface area (Å²) in [5.41, 5.74) is 7.50. The molecule has 0 aromatic heterocycles. The Morgan fingerprint density at radius 1 is 1.56 bits per heavy atom. The van der Waals surface area contributed by atoms with Crippen molar-refractivity contribution in [1.82, 2.24) is 5.32 Å². The average molecular weight is 250 g/mol. The van der Waals surface area contributed by atoms with Crippen molar-refractivity contribution in [3.05, 3.63) is 35.1 Å². The van der Waals surface area contributed by atoms with E-state index in [4.69, 9.17) is 5.73 Å². The van der Waals surface area contributed by atoms with E-state index >= 15 is 0 Å². The zero-order valence-corrected chi connectivity index (χ0v) is 10.6. The maximum absolute atomic E-state index is 13.2. The average Bonchev–Trinajstić information content (AvgIpc) is 3.14. The Balaban J connectivity index is 2.04. The lowest BCUT2D eigenvalue weighted by atomic mass is 9.95. The number of carbonyl (C=O) groups is 1. The largest absolute Gasteiger partial charge is 0.353 e. The Labute approximate surface area is 107 Å². The minimum atomic E-state index is -0.272. The van der Waals surface area contributed by atoms with Gasteiger partial charge in [-0.1, -0.05) is 6.07 Å². The van der Waals surface area contributed by atoms with Crippen molar-refractivity contribution in [1.29, 1.82) is 0 Å². The molecule has 1 atom stereocenters. The van der Waals surface area contributed by atoms with Crippen LogP contribution in [0.4, 0.5) is 4.39 Å². The van der Waals surface area contributed by atoms with Gasteiger partial charge in [0.15, 0.2) is 0 Å². The predicted molar refractivity (Wildman–Crippen MR) is 68.6 cm³/mol. The molecule has 0 spiro atoms. The molecular weight excluding hydrogens is 231 g/mol. The fraction of sp³-hybridized carbons (Fsp3) is 0.500. The number of aryl methyl sites for hydroxylation is 1. The normalized spacial score (nSPS) is 16.4. The summed E-state index contributed by atoms with van der Waals surface area (Å²) in [5, 5.41) is 2.95. The van der Waals surface area contributed by atoms with Crippen LogP contribution in [0.15, 0.2) is 18.2 Å².